The molecule has 1 unspecified atom stereocenters. The third-order valence-electron chi connectivity index (χ3n) is 7.23. The maximum atomic E-state index is 12.7. The fourth-order valence-electron chi connectivity index (χ4n) is 5.78. The Hall–Kier alpha value is -1.90. The van der Waals surface area contributed by atoms with Gasteiger partial charge in [0, 0.05) is 31.4 Å². The summed E-state index contributed by atoms with van der Waals surface area (Å²) >= 11 is 6.22. The van der Waals surface area contributed by atoms with Gasteiger partial charge in [0.25, 0.3) is 0 Å². The number of rotatable bonds is 3. The van der Waals surface area contributed by atoms with E-state index in [2.05, 4.69) is 19.4 Å². The third-order valence-corrected chi connectivity index (χ3v) is 7.53. The monoisotopic (exact) mass is 475 g/mol. The molecule has 8 nitrogen and oxygen atoms in total. The number of carbonyl (C=O) groups is 1. The van der Waals surface area contributed by atoms with Crippen molar-refractivity contribution in [2.45, 2.75) is 82.8 Å². The summed E-state index contributed by atoms with van der Waals surface area (Å²) in [7, 11) is 0. The van der Waals surface area contributed by atoms with Crippen LogP contribution in [0.3, 0.4) is 0 Å². The predicted octanol–water partition coefficient (Wildman–Crippen LogP) is 4.63. The standard InChI is InChI=1S/C24H34ClN5O3/c1-23(2,3)33-22(31)28-11-4-9-24(15-28)10-5-12-29(24)14-17-6-7-19(32-17)30-13-8-18-20(25)26-16-27-21(18)30/h8,13,16-17,19H,4-7,9-12,14-15H2,1-3H3/t17-,19+,24?/m0/s1. The molecule has 3 atom stereocenters. The Balaban J connectivity index is 1.25. The summed E-state index contributed by atoms with van der Waals surface area (Å²) < 4.78 is 14.2. The minimum atomic E-state index is -0.471. The van der Waals surface area contributed by atoms with Crippen molar-refractivity contribution in [3.8, 4) is 0 Å². The van der Waals surface area contributed by atoms with Gasteiger partial charge in [0.1, 0.15) is 29.0 Å². The van der Waals surface area contributed by atoms with Crippen molar-refractivity contribution in [3.05, 3.63) is 23.7 Å². The number of amides is 1. The van der Waals surface area contributed by atoms with Gasteiger partial charge in [-0.05, 0) is 71.9 Å². The zero-order valence-corrected chi connectivity index (χ0v) is 20.6. The summed E-state index contributed by atoms with van der Waals surface area (Å²) in [5, 5.41) is 1.33. The number of ether oxygens (including phenoxy) is 2. The minimum Gasteiger partial charge on any atom is -0.444 e. The Morgan fingerprint density at radius 3 is 2.82 bits per heavy atom. The van der Waals surface area contributed by atoms with Gasteiger partial charge in [0.15, 0.2) is 0 Å². The van der Waals surface area contributed by atoms with E-state index in [0.717, 1.165) is 75.7 Å². The van der Waals surface area contributed by atoms with E-state index in [-0.39, 0.29) is 24.0 Å². The largest absolute Gasteiger partial charge is 0.444 e. The molecule has 3 aliphatic rings. The van der Waals surface area contributed by atoms with E-state index in [1.165, 1.54) is 6.33 Å². The second kappa shape index (κ2) is 8.71. The van der Waals surface area contributed by atoms with Crippen LogP contribution in [-0.2, 0) is 9.47 Å². The van der Waals surface area contributed by atoms with Gasteiger partial charge >= 0.3 is 6.09 Å². The van der Waals surface area contributed by atoms with Crippen LogP contribution in [0.15, 0.2) is 18.6 Å². The summed E-state index contributed by atoms with van der Waals surface area (Å²) in [6, 6.07) is 1.96. The lowest BCUT2D eigenvalue weighted by molar-refractivity contribution is -0.0399. The van der Waals surface area contributed by atoms with E-state index in [0.29, 0.717) is 5.15 Å². The van der Waals surface area contributed by atoms with Crippen LogP contribution >= 0.6 is 11.6 Å². The van der Waals surface area contributed by atoms with Crippen LogP contribution in [0.5, 0.6) is 0 Å². The Morgan fingerprint density at radius 2 is 2.03 bits per heavy atom. The Bertz CT molecular complexity index is 1020. The lowest BCUT2D eigenvalue weighted by atomic mass is 9.86. The number of likely N-dealkylation sites (tertiary alicyclic amines) is 2. The van der Waals surface area contributed by atoms with E-state index in [4.69, 9.17) is 21.1 Å². The van der Waals surface area contributed by atoms with Crippen LogP contribution in [0.25, 0.3) is 11.0 Å². The average Bonchev–Trinajstić information content (AvgIpc) is 3.47. The molecule has 0 N–H and O–H groups in total. The highest BCUT2D eigenvalue weighted by Gasteiger charge is 2.46. The van der Waals surface area contributed by atoms with Crippen LogP contribution in [0.4, 0.5) is 4.79 Å². The molecular formula is C24H34ClN5O3. The molecule has 3 fully saturated rings. The molecule has 0 saturated carbocycles. The molecule has 0 aliphatic carbocycles. The van der Waals surface area contributed by atoms with Gasteiger partial charge in [-0.25, -0.2) is 14.8 Å². The number of carbonyl (C=O) groups excluding carboxylic acids is 1. The van der Waals surface area contributed by atoms with Gasteiger partial charge in [0.05, 0.1) is 11.5 Å². The maximum Gasteiger partial charge on any atom is 0.410 e. The smallest absolute Gasteiger partial charge is 0.410 e. The van der Waals surface area contributed by atoms with Crippen molar-refractivity contribution in [2.75, 3.05) is 26.2 Å². The van der Waals surface area contributed by atoms with Crippen LogP contribution in [0.2, 0.25) is 5.15 Å². The first-order valence-electron chi connectivity index (χ1n) is 12.1. The molecule has 3 aliphatic heterocycles. The molecular weight excluding hydrogens is 442 g/mol. The molecule has 180 valence electrons. The Morgan fingerprint density at radius 1 is 1.24 bits per heavy atom. The topological polar surface area (TPSA) is 72.7 Å². The fraction of sp³-hybridized carbons (Fsp3) is 0.708. The van der Waals surface area contributed by atoms with Crippen LogP contribution in [0, 0.1) is 0 Å². The van der Waals surface area contributed by atoms with Crippen LogP contribution in [0.1, 0.15) is 65.5 Å². The van der Waals surface area contributed by atoms with E-state index < -0.39 is 5.60 Å². The van der Waals surface area contributed by atoms with Gasteiger partial charge in [-0.1, -0.05) is 11.6 Å². The first kappa shape index (κ1) is 22.9. The molecule has 3 saturated heterocycles. The first-order valence-corrected chi connectivity index (χ1v) is 12.5. The molecule has 9 heteroatoms. The van der Waals surface area contributed by atoms with Crippen LogP contribution in [-0.4, -0.2) is 73.9 Å². The van der Waals surface area contributed by atoms with Crippen molar-refractivity contribution >= 4 is 28.7 Å². The molecule has 0 radical (unpaired) electrons. The van der Waals surface area contributed by atoms with Crippen molar-refractivity contribution in [1.82, 2.24) is 24.3 Å². The summed E-state index contributed by atoms with van der Waals surface area (Å²) in [5.74, 6) is 0. The number of nitrogens with zero attached hydrogens (tertiary/aromatic N) is 5. The van der Waals surface area contributed by atoms with Gasteiger partial charge < -0.3 is 18.9 Å². The number of aromatic nitrogens is 3. The van der Waals surface area contributed by atoms with E-state index >= 15 is 0 Å². The SMILES string of the molecule is CC(C)(C)OC(=O)N1CCCC2(CCCN2C[C@@H]2CC[C@H](n3ccc4c(Cl)ncnc43)O2)C1. The molecule has 5 rings (SSSR count). The van der Waals surface area contributed by atoms with E-state index in [9.17, 15) is 4.79 Å². The first-order chi connectivity index (χ1) is 15.7. The van der Waals surface area contributed by atoms with E-state index in [1.807, 2.05) is 37.9 Å². The molecule has 2 aromatic rings. The molecule has 33 heavy (non-hydrogen) atoms. The van der Waals surface area contributed by atoms with Crippen LogP contribution < -0.4 is 0 Å². The zero-order valence-electron chi connectivity index (χ0n) is 19.8. The highest BCUT2D eigenvalue weighted by molar-refractivity contribution is 6.33. The summed E-state index contributed by atoms with van der Waals surface area (Å²) in [6.45, 7) is 9.25. The highest BCUT2D eigenvalue weighted by Crippen LogP contribution is 2.40. The van der Waals surface area contributed by atoms with E-state index in [1.54, 1.807) is 0 Å². The summed E-state index contributed by atoms with van der Waals surface area (Å²) in [4.78, 5) is 25.7. The van der Waals surface area contributed by atoms with Crippen molar-refractivity contribution in [1.29, 1.82) is 0 Å². The normalized spacial score (nSPS) is 28.8. The second-order valence-electron chi connectivity index (χ2n) is 10.7. The van der Waals surface area contributed by atoms with Gasteiger partial charge in [-0.15, -0.1) is 0 Å². The van der Waals surface area contributed by atoms with Crippen molar-refractivity contribution in [3.63, 3.8) is 0 Å². The number of halogens is 1. The molecule has 2 aromatic heterocycles. The third kappa shape index (κ3) is 4.57. The average molecular weight is 476 g/mol. The van der Waals surface area contributed by atoms with Gasteiger partial charge in [0.2, 0.25) is 0 Å². The molecule has 0 bridgehead atoms. The van der Waals surface area contributed by atoms with Crippen molar-refractivity contribution in [2.24, 2.45) is 0 Å². The number of hydrogen-bond donors (Lipinski definition) is 0. The predicted molar refractivity (Wildman–Crippen MR) is 126 cm³/mol. The maximum absolute atomic E-state index is 12.7. The summed E-state index contributed by atoms with van der Waals surface area (Å²) in [6.07, 6.45) is 9.81. The van der Waals surface area contributed by atoms with Gasteiger partial charge in [-0.2, -0.15) is 0 Å². The lowest BCUT2D eigenvalue weighted by Gasteiger charge is -2.46. The highest BCUT2D eigenvalue weighted by atomic mass is 35.5. The Labute approximate surface area is 200 Å². The quantitative estimate of drug-likeness (QED) is 0.603. The van der Waals surface area contributed by atoms with Crippen molar-refractivity contribution < 1.29 is 14.3 Å². The number of fused-ring (bicyclic) bond motifs is 1. The molecule has 1 amide bonds. The Kier molecular flexibility index (Phi) is 6.04. The van der Waals surface area contributed by atoms with Gasteiger partial charge in [-0.3, -0.25) is 4.90 Å². The number of hydrogen-bond acceptors (Lipinski definition) is 6. The lowest BCUT2D eigenvalue weighted by Crippen LogP contribution is -2.58. The zero-order chi connectivity index (χ0) is 23.2. The number of piperidine rings is 1. The minimum absolute atomic E-state index is 0.0392. The molecule has 5 heterocycles. The fourth-order valence-corrected chi connectivity index (χ4v) is 5.97. The second-order valence-corrected chi connectivity index (χ2v) is 11.1. The summed E-state index contributed by atoms with van der Waals surface area (Å²) in [5.41, 5.74) is 0.387. The molecule has 0 aromatic carbocycles. The molecule has 1 spiro atoms.